The summed E-state index contributed by atoms with van der Waals surface area (Å²) < 4.78 is 70.2. The first-order chi connectivity index (χ1) is 25.5. The zero-order chi connectivity index (χ0) is 40.6. The van der Waals surface area contributed by atoms with Gasteiger partial charge in [0.15, 0.2) is 12.4 Å². The predicted octanol–water partition coefficient (Wildman–Crippen LogP) is 7.54. The van der Waals surface area contributed by atoms with Gasteiger partial charge in [-0.3, -0.25) is 19.1 Å². The molecule has 2 N–H and O–H groups in total. The highest BCUT2D eigenvalue weighted by Crippen LogP contribution is 2.57. The van der Waals surface area contributed by atoms with E-state index in [2.05, 4.69) is 31.6 Å². The molecular formula is C39H45ClF3N5O6S. The van der Waals surface area contributed by atoms with Crippen LogP contribution in [0.15, 0.2) is 61.2 Å². The smallest absolute Gasteiger partial charge is 0.422 e. The van der Waals surface area contributed by atoms with Crippen LogP contribution in [0.4, 0.5) is 19.1 Å². The van der Waals surface area contributed by atoms with E-state index in [0.717, 1.165) is 18.4 Å². The Morgan fingerprint density at radius 2 is 1.62 bits per heavy atom. The van der Waals surface area contributed by atoms with Gasteiger partial charge in [0.05, 0.1) is 15.7 Å². The van der Waals surface area contributed by atoms with E-state index in [-0.39, 0.29) is 54.9 Å². The molecule has 2 aliphatic carbocycles. The lowest BCUT2D eigenvalue weighted by Gasteiger charge is -2.27. The third-order valence-electron chi connectivity index (χ3n) is 10.3. The van der Waals surface area contributed by atoms with Gasteiger partial charge in [-0.25, -0.2) is 8.42 Å². The number of ketones is 2. The number of sulfonamides is 1. The maximum Gasteiger partial charge on any atom is 0.422 e. The Morgan fingerprint density at radius 1 is 0.982 bits per heavy atom. The molecule has 2 aromatic carbocycles. The van der Waals surface area contributed by atoms with Crippen LogP contribution in [0.25, 0.3) is 0 Å². The van der Waals surface area contributed by atoms with Gasteiger partial charge in [-0.15, -0.1) is 6.58 Å². The number of halogens is 4. The summed E-state index contributed by atoms with van der Waals surface area (Å²) in [4.78, 5) is 52.7. The Kier molecular flexibility index (Phi) is 11.6. The molecule has 2 atom stereocenters. The van der Waals surface area contributed by atoms with E-state index in [9.17, 15) is 36.0 Å². The van der Waals surface area contributed by atoms with Gasteiger partial charge >= 0.3 is 12.2 Å². The fourth-order valence-corrected chi connectivity index (χ4v) is 7.01. The first-order valence-electron chi connectivity index (χ1n) is 17.8. The number of amides is 1. The number of rotatable bonds is 17. The normalized spacial score (nSPS) is 19.3. The Bertz CT molecular complexity index is 2060. The molecule has 5 rings (SSSR count). The lowest BCUT2D eigenvalue weighted by Crippen LogP contribution is -2.46. The summed E-state index contributed by atoms with van der Waals surface area (Å²) in [5.41, 5.74) is -0.746. The molecule has 1 amide bonds. The summed E-state index contributed by atoms with van der Waals surface area (Å²) in [6.07, 6.45) is -1.15. The maximum atomic E-state index is 13.6. The summed E-state index contributed by atoms with van der Waals surface area (Å²) in [6.45, 7) is 9.97. The van der Waals surface area contributed by atoms with Crippen molar-refractivity contribution >= 4 is 45.0 Å². The van der Waals surface area contributed by atoms with Crippen LogP contribution in [0.2, 0.25) is 5.02 Å². The van der Waals surface area contributed by atoms with Crippen LogP contribution in [-0.2, 0) is 31.6 Å². The monoisotopic (exact) mass is 803 g/mol. The minimum atomic E-state index is -4.60. The highest BCUT2D eigenvalue weighted by atomic mass is 35.5. The quantitative estimate of drug-likeness (QED) is 0.103. The van der Waals surface area contributed by atoms with Crippen molar-refractivity contribution in [3.05, 3.63) is 88.7 Å². The molecule has 2 fully saturated rings. The molecule has 0 radical (unpaired) electrons. The van der Waals surface area contributed by atoms with Gasteiger partial charge in [-0.1, -0.05) is 67.9 Å². The van der Waals surface area contributed by atoms with Gasteiger partial charge in [0.2, 0.25) is 21.9 Å². The number of ether oxygens (including phenoxy) is 1. The number of nitrogens with zero attached hydrogens (tertiary/aromatic N) is 3. The number of carbonyl (C=O) groups excluding carboxylic acids is 3. The number of hydrogen-bond donors (Lipinski definition) is 2. The molecule has 3 aromatic rings. The largest absolute Gasteiger partial charge is 0.454 e. The molecule has 2 aliphatic rings. The van der Waals surface area contributed by atoms with Crippen molar-refractivity contribution in [2.45, 2.75) is 96.0 Å². The molecule has 55 heavy (non-hydrogen) atoms. The Hall–Kier alpha value is -4.37. The van der Waals surface area contributed by atoms with E-state index in [1.807, 2.05) is 12.1 Å². The van der Waals surface area contributed by atoms with Crippen LogP contribution < -0.4 is 14.8 Å². The average molecular weight is 804 g/mol. The molecule has 2 saturated carbocycles. The molecule has 0 bridgehead atoms. The molecule has 11 nitrogen and oxygen atoms in total. The molecule has 0 aliphatic heterocycles. The Morgan fingerprint density at radius 3 is 2.16 bits per heavy atom. The molecular weight excluding hydrogens is 759 g/mol. The Balaban J connectivity index is 1.23. The molecule has 0 unspecified atom stereocenters. The first-order valence-corrected chi connectivity index (χ1v) is 19.7. The molecule has 0 spiro atoms. The predicted molar refractivity (Wildman–Crippen MR) is 201 cm³/mol. The fourth-order valence-electron chi connectivity index (χ4n) is 6.13. The highest BCUT2D eigenvalue weighted by molar-refractivity contribution is 7.91. The van der Waals surface area contributed by atoms with Gasteiger partial charge in [-0.05, 0) is 75.6 Å². The van der Waals surface area contributed by atoms with Crippen molar-refractivity contribution in [2.24, 2.45) is 16.7 Å². The van der Waals surface area contributed by atoms with Gasteiger partial charge < -0.3 is 10.1 Å². The van der Waals surface area contributed by atoms with E-state index in [1.165, 1.54) is 20.8 Å². The summed E-state index contributed by atoms with van der Waals surface area (Å²) in [7, 11) is -3.99. The number of alkyl halides is 3. The van der Waals surface area contributed by atoms with E-state index < -0.39 is 55.8 Å². The molecule has 1 heterocycles. The number of nitrogens with one attached hydrogen (secondary N) is 2. The van der Waals surface area contributed by atoms with Crippen molar-refractivity contribution in [1.29, 1.82) is 0 Å². The standard InChI is InChI=1S/C39H45ClF3N5O6S/c1-7-26-21-37(26,32(51)48-55(52,53)35(2,3)4)22-30(50)36(5,6)17-16-29(49)25-10-8-24(9-11-25)20-31-44-33(46-34(45-31)54-23-39(41,42)43)47-38(18-19-38)27-12-14-28(40)15-13-27/h7-15,26H,1,16-23H2,2-6H3,(H,48,51)(H,44,45,46,47)/t26-,37-/m1/s1. The van der Waals surface area contributed by atoms with Crippen molar-refractivity contribution in [1.82, 2.24) is 19.7 Å². The van der Waals surface area contributed by atoms with E-state index in [1.54, 1.807) is 56.3 Å². The number of Topliss-reactive ketones (excluding diaryl/α,β-unsaturated/α-hetero) is 2. The summed E-state index contributed by atoms with van der Waals surface area (Å²) in [5.74, 6) is -1.37. The minimum Gasteiger partial charge on any atom is -0.454 e. The number of benzene rings is 2. The second kappa shape index (κ2) is 15.3. The summed E-state index contributed by atoms with van der Waals surface area (Å²) >= 11 is 6.05. The first kappa shape index (κ1) is 41.8. The molecule has 16 heteroatoms. The second-order valence-electron chi connectivity index (χ2n) is 16.0. The van der Waals surface area contributed by atoms with Crippen molar-refractivity contribution in [3.63, 3.8) is 0 Å². The van der Waals surface area contributed by atoms with Gasteiger partial charge in [0.25, 0.3) is 0 Å². The zero-order valence-corrected chi connectivity index (χ0v) is 32.9. The van der Waals surface area contributed by atoms with Crippen LogP contribution >= 0.6 is 11.6 Å². The summed E-state index contributed by atoms with van der Waals surface area (Å²) in [5, 5.41) is 3.81. The zero-order valence-electron chi connectivity index (χ0n) is 31.3. The third kappa shape index (κ3) is 10.1. The second-order valence-corrected chi connectivity index (χ2v) is 18.9. The van der Waals surface area contributed by atoms with E-state index in [0.29, 0.717) is 22.6 Å². The van der Waals surface area contributed by atoms with Gasteiger partial charge in [0, 0.05) is 35.3 Å². The highest BCUT2D eigenvalue weighted by Gasteiger charge is 2.61. The lowest BCUT2D eigenvalue weighted by molar-refractivity contribution is -0.154. The van der Waals surface area contributed by atoms with Crippen LogP contribution in [0.1, 0.15) is 100 Å². The van der Waals surface area contributed by atoms with Crippen LogP contribution in [-0.4, -0.2) is 58.4 Å². The molecule has 0 saturated heterocycles. The minimum absolute atomic E-state index is 0.0261. The maximum absolute atomic E-state index is 13.6. The molecule has 1 aromatic heterocycles. The van der Waals surface area contributed by atoms with Crippen molar-refractivity contribution < 1.29 is 40.7 Å². The van der Waals surface area contributed by atoms with Crippen molar-refractivity contribution in [3.8, 4) is 6.01 Å². The number of aromatic nitrogens is 3. The topological polar surface area (TPSA) is 157 Å². The number of allylic oxidation sites excluding steroid dienone is 1. The van der Waals surface area contributed by atoms with E-state index >= 15 is 0 Å². The number of anilines is 1. The average Bonchev–Trinajstić information content (AvgIpc) is 4.02. The van der Waals surface area contributed by atoms with Crippen LogP contribution in [0, 0.1) is 16.7 Å². The van der Waals surface area contributed by atoms with Gasteiger partial charge in [0.1, 0.15) is 11.6 Å². The number of hydrogen-bond acceptors (Lipinski definition) is 10. The lowest BCUT2D eigenvalue weighted by atomic mass is 9.77. The fraction of sp³-hybridized carbons (Fsp3) is 0.487. The Labute approximate surface area is 324 Å². The van der Waals surface area contributed by atoms with Crippen LogP contribution in [0.3, 0.4) is 0 Å². The van der Waals surface area contributed by atoms with E-state index in [4.69, 9.17) is 16.3 Å². The third-order valence-corrected chi connectivity index (χ3v) is 12.6. The SMILES string of the molecule is C=C[C@@H]1C[C@]1(CC(=O)C(C)(C)CCC(=O)c1ccc(Cc2nc(NC3(c4ccc(Cl)cc4)CC3)nc(OCC(F)(F)F)n2)cc1)C(=O)NS(=O)(=O)C(C)(C)C. The molecule has 296 valence electrons. The van der Waals surface area contributed by atoms with Gasteiger partial charge in [-0.2, -0.15) is 28.1 Å². The number of carbonyl (C=O) groups is 3. The van der Waals surface area contributed by atoms with Crippen molar-refractivity contribution in [2.75, 3.05) is 11.9 Å². The van der Waals surface area contributed by atoms with Crippen LogP contribution in [0.5, 0.6) is 6.01 Å². The summed E-state index contributed by atoms with van der Waals surface area (Å²) in [6, 6.07) is 13.3.